The summed E-state index contributed by atoms with van der Waals surface area (Å²) in [4.78, 5) is 25.2. The van der Waals surface area contributed by atoms with Gasteiger partial charge in [0.15, 0.2) is 17.2 Å². The average molecular weight is 447 g/mol. The van der Waals surface area contributed by atoms with Crippen LogP contribution < -0.4 is 0 Å². The summed E-state index contributed by atoms with van der Waals surface area (Å²) < 4.78 is 29.3. The van der Waals surface area contributed by atoms with Gasteiger partial charge in [-0.2, -0.15) is 0 Å². The van der Waals surface area contributed by atoms with Crippen LogP contribution in [0.3, 0.4) is 0 Å². The van der Waals surface area contributed by atoms with E-state index < -0.39 is 34.1 Å². The lowest BCUT2D eigenvalue weighted by atomic mass is 9.44. The van der Waals surface area contributed by atoms with Gasteiger partial charge in [0, 0.05) is 16.7 Å². The maximum atomic E-state index is 17.2. The summed E-state index contributed by atoms with van der Waals surface area (Å²) in [5.74, 6) is -0.837. The van der Waals surface area contributed by atoms with Gasteiger partial charge in [0.05, 0.1) is 12.2 Å². The Bertz CT molecular complexity index is 908. The van der Waals surface area contributed by atoms with Crippen LogP contribution in [0.5, 0.6) is 0 Å². The summed E-state index contributed by atoms with van der Waals surface area (Å²) in [7, 11) is 0. The Morgan fingerprint density at radius 2 is 1.97 bits per heavy atom. The van der Waals surface area contributed by atoms with Gasteiger partial charge in [-0.15, -0.1) is 0 Å². The molecule has 5 aliphatic carbocycles. The van der Waals surface area contributed by atoms with Crippen molar-refractivity contribution in [2.24, 2.45) is 28.6 Å². The molecule has 1 N–H and O–H groups in total. The van der Waals surface area contributed by atoms with E-state index in [9.17, 15) is 14.7 Å². The van der Waals surface area contributed by atoms with E-state index in [0.717, 1.165) is 18.4 Å². The third kappa shape index (κ3) is 2.66. The number of hydrogen-bond acceptors (Lipinski definition) is 5. The molecule has 0 aliphatic heterocycles. The summed E-state index contributed by atoms with van der Waals surface area (Å²) in [5, 5.41) is 11.5. The number of aliphatic hydroxyl groups excluding tert-OH is 1. The molecule has 1 unspecified atom stereocenters. The van der Waals surface area contributed by atoms with Crippen LogP contribution in [0.25, 0.3) is 0 Å². The number of alkyl halides is 1. The molecule has 5 rings (SSSR count). The molecule has 0 aromatic rings. The predicted molar refractivity (Wildman–Crippen MR) is 116 cm³/mol. The maximum absolute atomic E-state index is 17.2. The van der Waals surface area contributed by atoms with Crippen LogP contribution in [-0.4, -0.2) is 46.9 Å². The molecule has 0 bridgehead atoms. The fourth-order valence-electron chi connectivity index (χ4n) is 8.15. The van der Waals surface area contributed by atoms with E-state index in [1.54, 1.807) is 19.1 Å². The van der Waals surface area contributed by atoms with Gasteiger partial charge in [-0.25, -0.2) is 4.39 Å². The lowest BCUT2D eigenvalue weighted by molar-refractivity contribution is -0.244. The van der Waals surface area contributed by atoms with Crippen molar-refractivity contribution in [3.05, 3.63) is 23.8 Å². The molecular formula is C26H35FO5. The number of aliphatic hydroxyl groups is 1. The summed E-state index contributed by atoms with van der Waals surface area (Å²) in [6, 6.07) is 0. The second-order valence-electron chi connectivity index (χ2n) is 11.3. The van der Waals surface area contributed by atoms with E-state index in [1.807, 2.05) is 20.8 Å². The SMILES string of the molecule is CC(=O)[C@@]1(OCOC2CC2)[C@H](C)C[C@H]2C3CCC4=CC(=O)C=C[C@]4(C)[C@@]3(F)[C@@H](O)C[C@@]21C. The fourth-order valence-corrected chi connectivity index (χ4v) is 8.15. The van der Waals surface area contributed by atoms with E-state index in [0.29, 0.717) is 19.3 Å². The van der Waals surface area contributed by atoms with E-state index >= 15 is 4.39 Å². The Morgan fingerprint density at radius 1 is 1.25 bits per heavy atom. The van der Waals surface area contributed by atoms with Crippen molar-refractivity contribution >= 4 is 11.6 Å². The van der Waals surface area contributed by atoms with Gasteiger partial charge in [0.2, 0.25) is 0 Å². The monoisotopic (exact) mass is 446 g/mol. The van der Waals surface area contributed by atoms with Gasteiger partial charge in [-0.3, -0.25) is 9.59 Å². The molecule has 0 spiro atoms. The van der Waals surface area contributed by atoms with E-state index in [2.05, 4.69) is 0 Å². The molecule has 0 amide bonds. The fraction of sp³-hybridized carbons (Fsp3) is 0.769. The summed E-state index contributed by atoms with van der Waals surface area (Å²) in [5.41, 5.74) is -3.95. The van der Waals surface area contributed by atoms with Crippen molar-refractivity contribution in [3.8, 4) is 0 Å². The summed E-state index contributed by atoms with van der Waals surface area (Å²) >= 11 is 0. The Kier molecular flexibility index (Phi) is 4.95. The third-order valence-electron chi connectivity index (χ3n) is 9.82. The van der Waals surface area contributed by atoms with Crippen LogP contribution in [0.1, 0.15) is 66.2 Å². The minimum Gasteiger partial charge on any atom is -0.390 e. The highest BCUT2D eigenvalue weighted by atomic mass is 19.1. The van der Waals surface area contributed by atoms with Gasteiger partial charge in [0.25, 0.3) is 0 Å². The van der Waals surface area contributed by atoms with E-state index in [-0.39, 0.29) is 42.7 Å². The number of rotatable bonds is 5. The lowest BCUT2D eigenvalue weighted by Gasteiger charge is -2.63. The second-order valence-corrected chi connectivity index (χ2v) is 11.3. The molecule has 0 aromatic heterocycles. The number of hydrogen-bond donors (Lipinski definition) is 1. The van der Waals surface area contributed by atoms with Gasteiger partial charge in [0.1, 0.15) is 12.4 Å². The van der Waals surface area contributed by atoms with E-state index in [1.165, 1.54) is 6.08 Å². The average Bonchev–Trinajstić information content (AvgIpc) is 3.51. The van der Waals surface area contributed by atoms with Gasteiger partial charge >= 0.3 is 0 Å². The third-order valence-corrected chi connectivity index (χ3v) is 9.82. The van der Waals surface area contributed by atoms with Gasteiger partial charge in [-0.05, 0) is 76.4 Å². The van der Waals surface area contributed by atoms with Gasteiger partial charge in [-0.1, -0.05) is 25.5 Å². The number of Topliss-reactive ketones (excluding diaryl/α,β-unsaturated/α-hetero) is 1. The van der Waals surface area contributed by atoms with Crippen molar-refractivity contribution in [1.29, 1.82) is 0 Å². The number of halogens is 1. The van der Waals surface area contributed by atoms with Crippen LogP contribution >= 0.6 is 0 Å². The number of allylic oxidation sites excluding steroid dienone is 4. The minimum absolute atomic E-state index is 0.0495. The van der Waals surface area contributed by atoms with Crippen molar-refractivity contribution < 1.29 is 28.6 Å². The molecule has 5 nitrogen and oxygen atoms in total. The second kappa shape index (κ2) is 7.07. The minimum atomic E-state index is -1.89. The van der Waals surface area contributed by atoms with Crippen molar-refractivity contribution in [2.75, 3.05) is 6.79 Å². The Morgan fingerprint density at radius 3 is 2.62 bits per heavy atom. The molecule has 4 fully saturated rings. The molecule has 4 saturated carbocycles. The van der Waals surface area contributed by atoms with Crippen LogP contribution in [0.4, 0.5) is 4.39 Å². The van der Waals surface area contributed by atoms with Crippen LogP contribution in [0.2, 0.25) is 0 Å². The first-order chi connectivity index (χ1) is 15.0. The Hall–Kier alpha value is -1.37. The van der Waals surface area contributed by atoms with Gasteiger partial charge < -0.3 is 14.6 Å². The quantitative estimate of drug-likeness (QED) is 0.644. The zero-order valence-electron chi connectivity index (χ0n) is 19.5. The zero-order chi connectivity index (χ0) is 23.1. The normalized spacial score (nSPS) is 49.8. The number of ether oxygens (including phenoxy) is 2. The molecule has 0 radical (unpaired) electrons. The molecule has 8 atom stereocenters. The molecule has 32 heavy (non-hydrogen) atoms. The zero-order valence-corrected chi connectivity index (χ0v) is 19.5. The van der Waals surface area contributed by atoms with Crippen molar-refractivity contribution in [2.45, 2.75) is 89.7 Å². The molecule has 176 valence electrons. The lowest BCUT2D eigenvalue weighted by Crippen LogP contribution is -2.69. The first-order valence-electron chi connectivity index (χ1n) is 12.1. The standard InChI is InChI=1S/C26H35FO5/c1-15-11-21-20-8-5-17-12-18(29)9-10-23(17,3)25(20,27)22(30)13-24(21,4)26(15,16(2)28)32-14-31-19-6-7-19/h9-10,12,15,19-22,30H,5-8,11,13-14H2,1-4H3/t15-,20?,21+,22+,23+,24+,25+,26+/m1/s1. The number of ketones is 2. The first-order valence-corrected chi connectivity index (χ1v) is 12.1. The number of carbonyl (C=O) groups is 2. The topological polar surface area (TPSA) is 72.8 Å². The van der Waals surface area contributed by atoms with E-state index in [4.69, 9.17) is 9.47 Å². The summed E-state index contributed by atoms with van der Waals surface area (Å²) in [6.45, 7) is 7.45. The van der Waals surface area contributed by atoms with Crippen molar-refractivity contribution in [1.82, 2.24) is 0 Å². The summed E-state index contributed by atoms with van der Waals surface area (Å²) in [6.07, 6.45) is 7.60. The van der Waals surface area contributed by atoms with Crippen LogP contribution in [-0.2, 0) is 19.1 Å². The predicted octanol–water partition coefficient (Wildman–Crippen LogP) is 4.08. The highest BCUT2D eigenvalue weighted by Gasteiger charge is 2.76. The maximum Gasteiger partial charge on any atom is 0.178 e. The smallest absolute Gasteiger partial charge is 0.178 e. The molecular weight excluding hydrogens is 411 g/mol. The van der Waals surface area contributed by atoms with Crippen LogP contribution in [0.15, 0.2) is 23.8 Å². The Labute approximate surface area is 189 Å². The first kappa shape index (κ1) is 22.4. The van der Waals surface area contributed by atoms with Crippen molar-refractivity contribution in [3.63, 3.8) is 0 Å². The molecule has 0 heterocycles. The molecule has 0 aromatic carbocycles. The highest BCUT2D eigenvalue weighted by Crippen LogP contribution is 2.71. The van der Waals surface area contributed by atoms with Crippen LogP contribution in [0, 0.1) is 28.6 Å². The molecule has 6 heteroatoms. The highest BCUT2D eigenvalue weighted by molar-refractivity contribution is 6.01. The number of fused-ring (bicyclic) bond motifs is 5. The number of carbonyl (C=O) groups excluding carboxylic acids is 2. The largest absolute Gasteiger partial charge is 0.390 e. The molecule has 5 aliphatic rings. The Balaban J connectivity index is 1.55. The molecule has 0 saturated heterocycles.